The zero-order valence-electron chi connectivity index (χ0n) is 6.66. The number of hydrogen-bond acceptors (Lipinski definition) is 2. The molecule has 3 nitrogen and oxygen atoms in total. The average molecular weight is 178 g/mol. The van der Waals surface area contributed by atoms with Crippen molar-refractivity contribution in [1.82, 2.24) is 0 Å². The predicted octanol–water partition coefficient (Wildman–Crippen LogP) is 1.62. The summed E-state index contributed by atoms with van der Waals surface area (Å²) in [6.45, 7) is 2.01. The third-order valence-electron chi connectivity index (χ3n) is 1.18. The van der Waals surface area contributed by atoms with E-state index >= 15 is 0 Å². The van der Waals surface area contributed by atoms with Crippen LogP contribution in [0.15, 0.2) is 12.2 Å². The van der Waals surface area contributed by atoms with Gasteiger partial charge in [-0.05, 0) is 19.3 Å². The third-order valence-corrected chi connectivity index (χ3v) is 1.98. The number of rotatable bonds is 5. The van der Waals surface area contributed by atoms with Crippen LogP contribution in [0.1, 0.15) is 26.2 Å². The molecule has 1 N–H and O–H groups in total. The van der Waals surface area contributed by atoms with Crippen molar-refractivity contribution in [3.63, 3.8) is 0 Å². The quantitative estimate of drug-likeness (QED) is 0.395. The molecule has 0 unspecified atom stereocenters. The lowest BCUT2D eigenvalue weighted by Crippen LogP contribution is -2.02. The third kappa shape index (κ3) is 9.65. The van der Waals surface area contributed by atoms with Crippen LogP contribution in [0.25, 0.3) is 0 Å². The van der Waals surface area contributed by atoms with Gasteiger partial charge >= 0.3 is 0 Å². The van der Waals surface area contributed by atoms with Crippen molar-refractivity contribution >= 4 is 10.1 Å². The first kappa shape index (κ1) is 10.7. The maximum Gasteiger partial charge on any atom is 0.264 e. The van der Waals surface area contributed by atoms with Gasteiger partial charge in [0.1, 0.15) is 0 Å². The van der Waals surface area contributed by atoms with E-state index < -0.39 is 10.1 Å². The van der Waals surface area contributed by atoms with Crippen LogP contribution >= 0.6 is 0 Å². The summed E-state index contributed by atoms with van der Waals surface area (Å²) in [6, 6.07) is 0. The van der Waals surface area contributed by atoms with Crippen molar-refractivity contribution in [3.05, 3.63) is 12.2 Å². The van der Waals surface area contributed by atoms with Crippen LogP contribution in [0.2, 0.25) is 0 Å². The second kappa shape index (κ2) is 5.32. The maximum atomic E-state index is 10.2. The molecule has 0 spiro atoms. The fourth-order valence-corrected chi connectivity index (χ4v) is 1.20. The summed E-state index contributed by atoms with van der Waals surface area (Å²) in [5, 5.41) is 0. The smallest absolute Gasteiger partial charge is 0.264 e. The molecule has 0 fully saturated rings. The van der Waals surface area contributed by atoms with Crippen molar-refractivity contribution < 1.29 is 13.0 Å². The highest BCUT2D eigenvalue weighted by Crippen LogP contribution is 1.95. The Morgan fingerprint density at radius 2 is 2.00 bits per heavy atom. The number of hydrogen-bond donors (Lipinski definition) is 1. The Morgan fingerprint density at radius 3 is 2.45 bits per heavy atom. The molecule has 0 aliphatic rings. The van der Waals surface area contributed by atoms with Crippen LogP contribution in [0, 0.1) is 0 Å². The normalized spacial score (nSPS) is 12.5. The lowest BCUT2D eigenvalue weighted by atomic mass is 10.3. The highest BCUT2D eigenvalue weighted by molar-refractivity contribution is 7.85. The molecule has 0 aromatic carbocycles. The number of unbranched alkanes of at least 4 members (excludes halogenated alkanes) is 1. The molecule has 0 aromatic rings. The van der Waals surface area contributed by atoms with E-state index in [0.717, 1.165) is 6.42 Å². The van der Waals surface area contributed by atoms with E-state index in [1.165, 1.54) is 0 Å². The van der Waals surface area contributed by atoms with Gasteiger partial charge in [-0.3, -0.25) is 4.55 Å². The molecule has 0 amide bonds. The molecule has 4 heteroatoms. The average Bonchev–Trinajstić information content (AvgIpc) is 1.85. The van der Waals surface area contributed by atoms with Crippen LogP contribution in [0.5, 0.6) is 0 Å². The molecule has 0 aromatic heterocycles. The lowest BCUT2D eigenvalue weighted by molar-refractivity contribution is 0.481. The van der Waals surface area contributed by atoms with Crippen molar-refractivity contribution in [2.24, 2.45) is 0 Å². The Kier molecular flexibility index (Phi) is 5.15. The highest BCUT2D eigenvalue weighted by Gasteiger charge is 2.00. The fourth-order valence-electron chi connectivity index (χ4n) is 0.668. The molecular formula is C7H14O3S. The molecule has 0 atom stereocenters. The summed E-state index contributed by atoms with van der Waals surface area (Å²) in [6.07, 6.45) is 6.07. The van der Waals surface area contributed by atoms with Crippen molar-refractivity contribution in [3.8, 4) is 0 Å². The predicted molar refractivity (Wildman–Crippen MR) is 45.1 cm³/mol. The zero-order valence-corrected chi connectivity index (χ0v) is 7.47. The fraction of sp³-hybridized carbons (Fsp3) is 0.714. The van der Waals surface area contributed by atoms with Gasteiger partial charge in [0.2, 0.25) is 0 Å². The Morgan fingerprint density at radius 1 is 1.36 bits per heavy atom. The van der Waals surface area contributed by atoms with Crippen LogP contribution < -0.4 is 0 Å². The molecule has 0 rings (SSSR count). The summed E-state index contributed by atoms with van der Waals surface area (Å²) in [5.41, 5.74) is 0. The molecule has 0 aliphatic carbocycles. The molecular weight excluding hydrogens is 164 g/mol. The molecule has 11 heavy (non-hydrogen) atoms. The Balaban J connectivity index is 3.36. The van der Waals surface area contributed by atoms with Crippen LogP contribution in [-0.4, -0.2) is 18.7 Å². The molecule has 0 aliphatic heterocycles. The standard InChI is InChI=1S/C7H14O3S/c1-2-3-4-5-6-7-11(8,9)10/h3-4H,2,5-7H2,1H3,(H,8,9,10)/b4-3-. The van der Waals surface area contributed by atoms with Gasteiger partial charge in [-0.25, -0.2) is 0 Å². The van der Waals surface area contributed by atoms with Gasteiger partial charge < -0.3 is 0 Å². The first-order chi connectivity index (χ1) is 5.06. The minimum absolute atomic E-state index is 0.138. The van der Waals surface area contributed by atoms with E-state index in [2.05, 4.69) is 0 Å². The van der Waals surface area contributed by atoms with E-state index in [1.54, 1.807) is 0 Å². The Labute approximate surface area is 67.9 Å². The SMILES string of the molecule is CC/C=C\CCCS(=O)(=O)O. The second-order valence-corrected chi connectivity index (χ2v) is 3.88. The van der Waals surface area contributed by atoms with Gasteiger partial charge in [0.15, 0.2) is 0 Å². The lowest BCUT2D eigenvalue weighted by Gasteiger charge is -1.92. The van der Waals surface area contributed by atoms with Crippen molar-refractivity contribution in [1.29, 1.82) is 0 Å². The first-order valence-electron chi connectivity index (χ1n) is 3.66. The molecule has 0 saturated carbocycles. The van der Waals surface area contributed by atoms with E-state index in [-0.39, 0.29) is 5.75 Å². The summed E-state index contributed by atoms with van der Waals surface area (Å²) in [5.74, 6) is -0.138. The Bertz CT molecular complexity index is 204. The second-order valence-electron chi connectivity index (χ2n) is 2.31. The summed E-state index contributed by atoms with van der Waals surface area (Å²) in [4.78, 5) is 0. The van der Waals surface area contributed by atoms with Gasteiger partial charge in [0, 0.05) is 0 Å². The van der Waals surface area contributed by atoms with Gasteiger partial charge in [-0.2, -0.15) is 8.42 Å². The van der Waals surface area contributed by atoms with Crippen LogP contribution in [-0.2, 0) is 10.1 Å². The first-order valence-corrected chi connectivity index (χ1v) is 5.27. The molecule has 0 bridgehead atoms. The van der Waals surface area contributed by atoms with Gasteiger partial charge in [0.05, 0.1) is 5.75 Å². The summed E-state index contributed by atoms with van der Waals surface area (Å²) in [7, 11) is -3.75. The van der Waals surface area contributed by atoms with E-state index in [9.17, 15) is 8.42 Å². The van der Waals surface area contributed by atoms with Crippen molar-refractivity contribution in [2.75, 3.05) is 5.75 Å². The van der Waals surface area contributed by atoms with Crippen LogP contribution in [0.3, 0.4) is 0 Å². The highest BCUT2D eigenvalue weighted by atomic mass is 32.2. The van der Waals surface area contributed by atoms with Crippen molar-refractivity contribution in [2.45, 2.75) is 26.2 Å². The van der Waals surface area contributed by atoms with E-state index in [0.29, 0.717) is 12.8 Å². The largest absolute Gasteiger partial charge is 0.286 e. The molecule has 66 valence electrons. The molecule has 0 radical (unpaired) electrons. The monoisotopic (exact) mass is 178 g/mol. The minimum Gasteiger partial charge on any atom is -0.286 e. The number of allylic oxidation sites excluding steroid dienone is 2. The summed E-state index contributed by atoms with van der Waals surface area (Å²) >= 11 is 0. The van der Waals surface area contributed by atoms with Gasteiger partial charge in [0.25, 0.3) is 10.1 Å². The van der Waals surface area contributed by atoms with E-state index in [4.69, 9.17) is 4.55 Å². The zero-order chi connectivity index (χ0) is 8.74. The molecule has 0 saturated heterocycles. The Hall–Kier alpha value is -0.350. The van der Waals surface area contributed by atoms with Gasteiger partial charge in [-0.1, -0.05) is 19.1 Å². The summed E-state index contributed by atoms with van der Waals surface area (Å²) < 4.78 is 28.7. The van der Waals surface area contributed by atoms with Gasteiger partial charge in [-0.15, -0.1) is 0 Å². The topological polar surface area (TPSA) is 54.4 Å². The maximum absolute atomic E-state index is 10.2. The van der Waals surface area contributed by atoms with Crippen LogP contribution in [0.4, 0.5) is 0 Å². The molecule has 0 heterocycles. The van der Waals surface area contributed by atoms with E-state index in [1.807, 2.05) is 19.1 Å². The minimum atomic E-state index is -3.75.